The molecule has 0 aliphatic rings. The number of nitrogens with one attached hydrogen (secondary N) is 1. The molecule has 0 bridgehead atoms. The Morgan fingerprint density at radius 2 is 1.95 bits per heavy atom. The van der Waals surface area contributed by atoms with Crippen molar-refractivity contribution in [1.82, 2.24) is 15.1 Å². The molecule has 5 nitrogen and oxygen atoms in total. The third-order valence-corrected chi connectivity index (χ3v) is 2.63. The van der Waals surface area contributed by atoms with Gasteiger partial charge < -0.3 is 5.32 Å². The Morgan fingerprint density at radius 1 is 1.29 bits per heavy atom. The van der Waals surface area contributed by atoms with Crippen LogP contribution in [0.5, 0.6) is 0 Å². The zero-order chi connectivity index (χ0) is 16.0. The summed E-state index contributed by atoms with van der Waals surface area (Å²) < 4.78 is 50.7. The fourth-order valence-corrected chi connectivity index (χ4v) is 1.64. The van der Waals surface area contributed by atoms with E-state index < -0.39 is 41.9 Å². The number of amides is 1. The maximum atomic E-state index is 12.7. The fourth-order valence-electron chi connectivity index (χ4n) is 1.51. The standard InChI is InChI=1S/C11H12ClF4N3O2/c12-8(20)2-1-3-17-9(21)5-19-7(11(15)16)4-6(18-19)10(13)14/h4,10-11H,1-3,5H2,(H,17,21). The van der Waals surface area contributed by atoms with Crippen LogP contribution < -0.4 is 5.32 Å². The van der Waals surface area contributed by atoms with Gasteiger partial charge in [0.15, 0.2) is 0 Å². The van der Waals surface area contributed by atoms with Crippen LogP contribution in [0.15, 0.2) is 6.07 Å². The van der Waals surface area contributed by atoms with Gasteiger partial charge in [0.1, 0.15) is 17.9 Å². The van der Waals surface area contributed by atoms with E-state index in [0.29, 0.717) is 10.7 Å². The van der Waals surface area contributed by atoms with E-state index in [-0.39, 0.29) is 19.4 Å². The van der Waals surface area contributed by atoms with Crippen LogP contribution in [-0.4, -0.2) is 27.5 Å². The number of hydrogen-bond acceptors (Lipinski definition) is 3. The zero-order valence-electron chi connectivity index (χ0n) is 10.7. The summed E-state index contributed by atoms with van der Waals surface area (Å²) in [6.07, 6.45) is -5.67. The van der Waals surface area contributed by atoms with Crippen molar-refractivity contribution in [2.45, 2.75) is 32.2 Å². The lowest BCUT2D eigenvalue weighted by molar-refractivity contribution is -0.122. The lowest BCUT2D eigenvalue weighted by atomic mass is 10.3. The molecule has 118 valence electrons. The van der Waals surface area contributed by atoms with E-state index in [1.807, 2.05) is 0 Å². The molecule has 0 fully saturated rings. The fraction of sp³-hybridized carbons (Fsp3) is 0.545. The van der Waals surface area contributed by atoms with Gasteiger partial charge in [0.25, 0.3) is 12.9 Å². The minimum absolute atomic E-state index is 0.0570. The summed E-state index contributed by atoms with van der Waals surface area (Å²) in [5.74, 6) is -0.678. The second-order valence-electron chi connectivity index (χ2n) is 4.06. The van der Waals surface area contributed by atoms with Crippen molar-refractivity contribution in [3.63, 3.8) is 0 Å². The number of carbonyl (C=O) groups excluding carboxylic acids is 2. The Morgan fingerprint density at radius 3 is 2.48 bits per heavy atom. The summed E-state index contributed by atoms with van der Waals surface area (Å²) in [6, 6.07) is 0.564. The highest BCUT2D eigenvalue weighted by atomic mass is 35.5. The van der Waals surface area contributed by atoms with Crippen LogP contribution in [-0.2, 0) is 16.1 Å². The Hall–Kier alpha value is -1.64. The maximum Gasteiger partial charge on any atom is 0.282 e. The van der Waals surface area contributed by atoms with Crippen LogP contribution in [0.1, 0.15) is 37.1 Å². The molecular weight excluding hydrogens is 318 g/mol. The summed E-state index contributed by atoms with van der Waals surface area (Å²) in [4.78, 5) is 21.9. The average molecular weight is 330 g/mol. The molecule has 0 atom stereocenters. The van der Waals surface area contributed by atoms with Crippen molar-refractivity contribution in [2.24, 2.45) is 0 Å². The van der Waals surface area contributed by atoms with E-state index in [0.717, 1.165) is 0 Å². The maximum absolute atomic E-state index is 12.7. The third kappa shape index (κ3) is 5.70. The van der Waals surface area contributed by atoms with Crippen molar-refractivity contribution in [3.8, 4) is 0 Å². The predicted octanol–water partition coefficient (Wildman–Crippen LogP) is 2.42. The molecule has 1 rings (SSSR count). The normalized spacial score (nSPS) is 11.2. The van der Waals surface area contributed by atoms with Gasteiger partial charge in [-0.25, -0.2) is 17.6 Å². The molecule has 1 aromatic heterocycles. The Kier molecular flexibility index (Phi) is 6.60. The molecule has 0 spiro atoms. The van der Waals surface area contributed by atoms with E-state index in [1.54, 1.807) is 0 Å². The van der Waals surface area contributed by atoms with Crippen LogP contribution >= 0.6 is 11.6 Å². The monoisotopic (exact) mass is 329 g/mol. The van der Waals surface area contributed by atoms with Gasteiger partial charge in [-0.1, -0.05) is 0 Å². The highest BCUT2D eigenvalue weighted by Gasteiger charge is 2.22. The van der Waals surface area contributed by atoms with Crippen LogP contribution in [0.2, 0.25) is 0 Å². The molecule has 0 radical (unpaired) electrons. The number of halogens is 5. The highest BCUT2D eigenvalue weighted by Crippen LogP contribution is 2.24. The number of alkyl halides is 4. The molecule has 1 aromatic rings. The molecule has 0 aromatic carbocycles. The SMILES string of the molecule is O=C(Cl)CCCNC(=O)Cn1nc(C(F)F)cc1C(F)F. The molecule has 0 aliphatic heterocycles. The first-order chi connectivity index (χ1) is 9.81. The van der Waals surface area contributed by atoms with E-state index in [4.69, 9.17) is 11.6 Å². The van der Waals surface area contributed by atoms with E-state index in [2.05, 4.69) is 10.4 Å². The van der Waals surface area contributed by atoms with Crippen molar-refractivity contribution in [2.75, 3.05) is 6.54 Å². The first-order valence-corrected chi connectivity index (χ1v) is 6.28. The summed E-state index contributed by atoms with van der Waals surface area (Å²) in [5.41, 5.74) is -1.57. The Balaban J connectivity index is 2.60. The largest absolute Gasteiger partial charge is 0.354 e. The van der Waals surface area contributed by atoms with Crippen LogP contribution in [0.25, 0.3) is 0 Å². The van der Waals surface area contributed by atoms with E-state index >= 15 is 0 Å². The van der Waals surface area contributed by atoms with Gasteiger partial charge in [-0.05, 0) is 24.1 Å². The van der Waals surface area contributed by atoms with Gasteiger partial charge in [0, 0.05) is 13.0 Å². The summed E-state index contributed by atoms with van der Waals surface area (Å²) >= 11 is 5.09. The van der Waals surface area contributed by atoms with Gasteiger partial charge in [-0.2, -0.15) is 5.10 Å². The number of hydrogen-bond donors (Lipinski definition) is 1. The Bertz CT molecular complexity index is 508. The summed E-state index contributed by atoms with van der Waals surface area (Å²) in [7, 11) is 0. The van der Waals surface area contributed by atoms with Gasteiger partial charge in [-0.15, -0.1) is 0 Å². The number of rotatable bonds is 8. The van der Waals surface area contributed by atoms with Crippen LogP contribution in [0.4, 0.5) is 17.6 Å². The highest BCUT2D eigenvalue weighted by molar-refractivity contribution is 6.63. The number of nitrogens with zero attached hydrogens (tertiary/aromatic N) is 2. The van der Waals surface area contributed by atoms with Crippen molar-refractivity contribution in [1.29, 1.82) is 0 Å². The van der Waals surface area contributed by atoms with Gasteiger partial charge in [0.05, 0.1) is 0 Å². The summed E-state index contributed by atoms with van der Waals surface area (Å²) in [5, 5.41) is 5.07. The molecule has 0 saturated heterocycles. The second-order valence-corrected chi connectivity index (χ2v) is 4.48. The second kappa shape index (κ2) is 7.96. The first kappa shape index (κ1) is 17.4. The molecule has 0 aliphatic carbocycles. The van der Waals surface area contributed by atoms with Crippen molar-refractivity contribution < 1.29 is 27.2 Å². The van der Waals surface area contributed by atoms with Crippen LogP contribution in [0.3, 0.4) is 0 Å². The number of carbonyl (C=O) groups is 2. The molecular formula is C11H12ClF4N3O2. The molecule has 21 heavy (non-hydrogen) atoms. The minimum atomic E-state index is -3.02. The average Bonchev–Trinajstić information content (AvgIpc) is 2.78. The van der Waals surface area contributed by atoms with Crippen molar-refractivity contribution in [3.05, 3.63) is 17.5 Å². The van der Waals surface area contributed by atoms with Gasteiger partial charge >= 0.3 is 0 Å². The molecule has 0 saturated carbocycles. The molecule has 1 N–H and O–H groups in total. The lowest BCUT2D eigenvalue weighted by Gasteiger charge is -2.07. The zero-order valence-corrected chi connectivity index (χ0v) is 11.4. The molecule has 10 heteroatoms. The molecule has 0 unspecified atom stereocenters. The molecule has 1 heterocycles. The number of aromatic nitrogens is 2. The predicted molar refractivity (Wildman–Crippen MR) is 65.2 cm³/mol. The van der Waals surface area contributed by atoms with E-state index in [1.165, 1.54) is 0 Å². The third-order valence-electron chi connectivity index (χ3n) is 2.44. The topological polar surface area (TPSA) is 64.0 Å². The lowest BCUT2D eigenvalue weighted by Crippen LogP contribution is -2.29. The molecule has 1 amide bonds. The quantitative estimate of drug-likeness (QED) is 0.452. The Labute approximate surface area is 122 Å². The minimum Gasteiger partial charge on any atom is -0.354 e. The van der Waals surface area contributed by atoms with E-state index in [9.17, 15) is 27.2 Å². The van der Waals surface area contributed by atoms with Crippen LogP contribution in [0, 0.1) is 0 Å². The van der Waals surface area contributed by atoms with Gasteiger partial charge in [0.2, 0.25) is 11.1 Å². The summed E-state index contributed by atoms with van der Waals surface area (Å²) in [6.45, 7) is -0.495. The van der Waals surface area contributed by atoms with Crippen molar-refractivity contribution >= 4 is 22.8 Å². The van der Waals surface area contributed by atoms with Gasteiger partial charge in [-0.3, -0.25) is 14.3 Å². The smallest absolute Gasteiger partial charge is 0.282 e. The first-order valence-electron chi connectivity index (χ1n) is 5.90.